The van der Waals surface area contributed by atoms with Gasteiger partial charge in [-0.3, -0.25) is 0 Å². The number of halogens is 3. The van der Waals surface area contributed by atoms with Gasteiger partial charge < -0.3 is 19.5 Å². The summed E-state index contributed by atoms with van der Waals surface area (Å²) in [5.41, 5.74) is 1.87. The maximum Gasteiger partial charge on any atom is 0.471 e. The minimum Gasteiger partial charge on any atom is -0.445 e. The molecule has 3 aromatic rings. The summed E-state index contributed by atoms with van der Waals surface area (Å²) in [6, 6.07) is 10.2. The molecule has 0 unspecified atom stereocenters. The minimum absolute atomic E-state index is 0.0947. The summed E-state index contributed by atoms with van der Waals surface area (Å²) in [6.07, 6.45) is -1.24. The van der Waals surface area contributed by atoms with Crippen molar-refractivity contribution in [3.05, 3.63) is 59.6 Å². The van der Waals surface area contributed by atoms with Crippen LogP contribution in [0.25, 0.3) is 11.4 Å². The number of nitrogens with zero attached hydrogens (tertiary/aromatic N) is 4. The van der Waals surface area contributed by atoms with Crippen molar-refractivity contribution < 1.29 is 27.2 Å². The minimum atomic E-state index is -4.69. The normalized spacial score (nSPS) is 13.9. The Hall–Kier alpha value is -3.63. The third-order valence-corrected chi connectivity index (χ3v) is 4.93. The van der Waals surface area contributed by atoms with Crippen molar-refractivity contribution in [2.45, 2.75) is 32.2 Å². The number of hydrogen-bond acceptors (Lipinski definition) is 7. The van der Waals surface area contributed by atoms with Crippen molar-refractivity contribution in [2.75, 3.05) is 18.0 Å². The third kappa shape index (κ3) is 5.34. The number of benzene rings is 1. The second-order valence-corrected chi connectivity index (χ2v) is 7.27. The quantitative estimate of drug-likeness (QED) is 0.606. The van der Waals surface area contributed by atoms with Gasteiger partial charge >= 0.3 is 18.2 Å². The topological polar surface area (TPSA) is 93.4 Å². The van der Waals surface area contributed by atoms with Gasteiger partial charge in [0.25, 0.3) is 0 Å². The van der Waals surface area contributed by atoms with Gasteiger partial charge in [-0.05, 0) is 24.5 Å². The van der Waals surface area contributed by atoms with Gasteiger partial charge in [-0.2, -0.15) is 18.2 Å². The monoisotopic (exact) mass is 447 g/mol. The highest BCUT2D eigenvalue weighted by Crippen LogP contribution is 2.29. The lowest BCUT2D eigenvalue weighted by molar-refractivity contribution is -0.159. The Balaban J connectivity index is 1.24. The highest BCUT2D eigenvalue weighted by molar-refractivity contribution is 5.67. The lowest BCUT2D eigenvalue weighted by Crippen LogP contribution is -2.23. The van der Waals surface area contributed by atoms with Crippen LogP contribution in [0.15, 0.2) is 47.1 Å². The summed E-state index contributed by atoms with van der Waals surface area (Å²) in [5.74, 6) is -0.642. The summed E-state index contributed by atoms with van der Waals surface area (Å²) in [5, 5.41) is 5.95. The molecular formula is C21H20F3N5O3. The van der Waals surface area contributed by atoms with Crippen LogP contribution in [-0.4, -0.2) is 34.3 Å². The number of hydrogen-bond donors (Lipinski definition) is 1. The molecule has 1 aliphatic rings. The molecule has 1 fully saturated rings. The number of carbonyl (C=O) groups is 1. The number of pyridine rings is 1. The van der Waals surface area contributed by atoms with Crippen LogP contribution in [0.2, 0.25) is 0 Å². The van der Waals surface area contributed by atoms with E-state index in [0.717, 1.165) is 30.0 Å². The van der Waals surface area contributed by atoms with Crippen LogP contribution in [-0.2, 0) is 24.1 Å². The van der Waals surface area contributed by atoms with Gasteiger partial charge in [0.1, 0.15) is 12.4 Å². The predicted molar refractivity (Wildman–Crippen MR) is 107 cm³/mol. The SMILES string of the molecule is O=C(NCc1ccc(-c2noc(C(F)(F)F)n2)cc1)OCc1ccc(N2CCCC2)nc1. The molecule has 1 N–H and O–H groups in total. The van der Waals surface area contributed by atoms with E-state index in [-0.39, 0.29) is 19.0 Å². The first kappa shape index (κ1) is 21.6. The predicted octanol–water partition coefficient (Wildman–Crippen LogP) is 4.18. The summed E-state index contributed by atoms with van der Waals surface area (Å²) in [6.45, 7) is 2.30. The molecule has 1 aliphatic heterocycles. The standard InChI is InChI=1S/C21H20F3N5O3/c22-21(23,24)19-27-18(28-32-19)16-6-3-14(4-7-16)11-26-20(30)31-13-15-5-8-17(25-12-15)29-9-1-2-10-29/h3-8,12H,1-2,9-11,13H2,(H,26,30). The molecule has 168 valence electrons. The number of carbonyl (C=O) groups excluding carboxylic acids is 1. The lowest BCUT2D eigenvalue weighted by Gasteiger charge is -2.16. The number of anilines is 1. The first-order chi connectivity index (χ1) is 15.4. The van der Waals surface area contributed by atoms with Crippen molar-refractivity contribution in [3.8, 4) is 11.4 Å². The van der Waals surface area contributed by atoms with E-state index >= 15 is 0 Å². The lowest BCUT2D eigenvalue weighted by atomic mass is 10.1. The van der Waals surface area contributed by atoms with E-state index in [1.807, 2.05) is 12.1 Å². The summed E-state index contributed by atoms with van der Waals surface area (Å²) in [7, 11) is 0. The molecule has 4 rings (SSSR count). The Labute approximate surface area is 181 Å². The number of nitrogens with one attached hydrogen (secondary N) is 1. The maximum absolute atomic E-state index is 12.6. The van der Waals surface area contributed by atoms with Gasteiger partial charge in [-0.1, -0.05) is 35.5 Å². The summed E-state index contributed by atoms with van der Waals surface area (Å²) < 4.78 is 47.1. The zero-order valence-electron chi connectivity index (χ0n) is 16.9. The van der Waals surface area contributed by atoms with E-state index in [2.05, 4.69) is 29.9 Å². The van der Waals surface area contributed by atoms with E-state index < -0.39 is 18.2 Å². The molecule has 1 amide bonds. The Morgan fingerprint density at radius 1 is 1.09 bits per heavy atom. The number of alkyl carbamates (subject to hydrolysis) is 1. The van der Waals surface area contributed by atoms with E-state index in [1.165, 1.54) is 12.8 Å². The number of ether oxygens (including phenoxy) is 1. The van der Waals surface area contributed by atoms with Gasteiger partial charge in [0.05, 0.1) is 0 Å². The number of amides is 1. The molecule has 11 heteroatoms. The van der Waals surface area contributed by atoms with Gasteiger partial charge in [-0.15, -0.1) is 0 Å². The number of aromatic nitrogens is 3. The van der Waals surface area contributed by atoms with Crippen molar-refractivity contribution in [3.63, 3.8) is 0 Å². The molecule has 0 atom stereocenters. The van der Waals surface area contributed by atoms with Crippen molar-refractivity contribution in [1.82, 2.24) is 20.4 Å². The van der Waals surface area contributed by atoms with Crippen LogP contribution in [0.1, 0.15) is 29.9 Å². The van der Waals surface area contributed by atoms with Gasteiger partial charge in [-0.25, -0.2) is 9.78 Å². The van der Waals surface area contributed by atoms with Gasteiger partial charge in [0.2, 0.25) is 5.82 Å². The summed E-state index contributed by atoms with van der Waals surface area (Å²) in [4.78, 5) is 21.9. The van der Waals surface area contributed by atoms with E-state index in [4.69, 9.17) is 4.74 Å². The fourth-order valence-electron chi connectivity index (χ4n) is 3.24. The van der Waals surface area contributed by atoms with Crippen molar-refractivity contribution >= 4 is 11.9 Å². The van der Waals surface area contributed by atoms with Crippen molar-refractivity contribution in [1.29, 1.82) is 0 Å². The highest BCUT2D eigenvalue weighted by Gasteiger charge is 2.38. The zero-order valence-corrected chi connectivity index (χ0v) is 16.9. The molecule has 1 saturated heterocycles. The average Bonchev–Trinajstić information content (AvgIpc) is 3.49. The molecule has 8 nitrogen and oxygen atoms in total. The molecule has 0 aliphatic carbocycles. The molecule has 1 aromatic carbocycles. The van der Waals surface area contributed by atoms with Gasteiger partial charge in [0, 0.05) is 37.0 Å². The van der Waals surface area contributed by atoms with Gasteiger partial charge in [0.15, 0.2) is 0 Å². The van der Waals surface area contributed by atoms with Crippen LogP contribution >= 0.6 is 0 Å². The van der Waals surface area contributed by atoms with Crippen LogP contribution in [0.5, 0.6) is 0 Å². The van der Waals surface area contributed by atoms with E-state index in [9.17, 15) is 18.0 Å². The Morgan fingerprint density at radius 2 is 1.81 bits per heavy atom. The van der Waals surface area contributed by atoms with Crippen LogP contribution in [0.4, 0.5) is 23.8 Å². The van der Waals surface area contributed by atoms with Crippen LogP contribution in [0, 0.1) is 0 Å². The second-order valence-electron chi connectivity index (χ2n) is 7.27. The fraction of sp³-hybridized carbons (Fsp3) is 0.333. The van der Waals surface area contributed by atoms with E-state index in [0.29, 0.717) is 5.56 Å². The second kappa shape index (κ2) is 9.25. The first-order valence-electron chi connectivity index (χ1n) is 9.99. The molecule has 0 bridgehead atoms. The first-order valence-corrected chi connectivity index (χ1v) is 9.99. The van der Waals surface area contributed by atoms with E-state index in [1.54, 1.807) is 30.5 Å². The Morgan fingerprint density at radius 3 is 2.44 bits per heavy atom. The highest BCUT2D eigenvalue weighted by atomic mass is 19.4. The molecule has 3 heterocycles. The molecule has 32 heavy (non-hydrogen) atoms. The summed E-state index contributed by atoms with van der Waals surface area (Å²) >= 11 is 0. The smallest absolute Gasteiger partial charge is 0.445 e. The molecule has 0 saturated carbocycles. The maximum atomic E-state index is 12.6. The molecule has 0 spiro atoms. The van der Waals surface area contributed by atoms with Crippen molar-refractivity contribution in [2.24, 2.45) is 0 Å². The van der Waals surface area contributed by atoms with Crippen LogP contribution in [0.3, 0.4) is 0 Å². The molecule has 2 aromatic heterocycles. The Kier molecular flexibility index (Phi) is 6.24. The zero-order chi connectivity index (χ0) is 22.6. The number of alkyl halides is 3. The van der Waals surface area contributed by atoms with Crippen LogP contribution < -0.4 is 10.2 Å². The number of rotatable bonds is 6. The fourth-order valence-corrected chi connectivity index (χ4v) is 3.24. The molecular weight excluding hydrogens is 427 g/mol. The Bertz CT molecular complexity index is 1050. The largest absolute Gasteiger partial charge is 0.471 e. The third-order valence-electron chi connectivity index (χ3n) is 4.93. The average molecular weight is 447 g/mol. The molecule has 0 radical (unpaired) electrons.